The molecule has 138 valence electrons. The Morgan fingerprint density at radius 2 is 1.69 bits per heavy atom. The zero-order valence-electron chi connectivity index (χ0n) is 14.5. The first-order valence-electron chi connectivity index (χ1n) is 8.55. The molecule has 1 heterocycles. The third kappa shape index (κ3) is 4.16. The number of anilines is 1. The minimum Gasteiger partial charge on any atom is -0.322 e. The maximum absolute atomic E-state index is 12.6. The maximum atomic E-state index is 12.6. The van der Waals surface area contributed by atoms with Gasteiger partial charge in [0.25, 0.3) is 5.91 Å². The summed E-state index contributed by atoms with van der Waals surface area (Å²) >= 11 is 3.43. The highest BCUT2D eigenvalue weighted by Gasteiger charge is 2.25. The zero-order chi connectivity index (χ0) is 18.7. The molecule has 0 aliphatic carbocycles. The van der Waals surface area contributed by atoms with E-state index in [0.717, 1.165) is 29.3 Å². The number of hydrogen-bond donors (Lipinski definition) is 1. The summed E-state index contributed by atoms with van der Waals surface area (Å²) in [7, 11) is -3.48. The molecule has 1 aliphatic rings. The molecular weight excluding hydrogens is 416 g/mol. The fourth-order valence-corrected chi connectivity index (χ4v) is 4.72. The second-order valence-electron chi connectivity index (χ2n) is 6.41. The van der Waals surface area contributed by atoms with Crippen molar-refractivity contribution >= 4 is 37.5 Å². The Kier molecular flexibility index (Phi) is 5.79. The van der Waals surface area contributed by atoms with Gasteiger partial charge in [-0.3, -0.25) is 4.79 Å². The summed E-state index contributed by atoms with van der Waals surface area (Å²) in [5.41, 5.74) is 2.13. The van der Waals surface area contributed by atoms with Crippen LogP contribution in [0.25, 0.3) is 0 Å². The Morgan fingerprint density at radius 3 is 2.31 bits per heavy atom. The number of sulfonamides is 1. The first-order valence-corrected chi connectivity index (χ1v) is 10.8. The van der Waals surface area contributed by atoms with Gasteiger partial charge in [-0.1, -0.05) is 22.4 Å². The van der Waals surface area contributed by atoms with Crippen LogP contribution in [-0.4, -0.2) is 31.7 Å². The Hall–Kier alpha value is -1.70. The molecule has 26 heavy (non-hydrogen) atoms. The molecule has 0 bridgehead atoms. The lowest BCUT2D eigenvalue weighted by molar-refractivity contribution is 0.102. The zero-order valence-corrected chi connectivity index (χ0v) is 16.9. The van der Waals surface area contributed by atoms with Gasteiger partial charge < -0.3 is 5.32 Å². The van der Waals surface area contributed by atoms with Gasteiger partial charge in [-0.05, 0) is 67.8 Å². The molecule has 5 nitrogen and oxygen atoms in total. The van der Waals surface area contributed by atoms with E-state index in [9.17, 15) is 13.2 Å². The van der Waals surface area contributed by atoms with Gasteiger partial charge in [0.2, 0.25) is 10.0 Å². The lowest BCUT2D eigenvalue weighted by Gasteiger charge is -2.25. The minimum absolute atomic E-state index is 0.232. The van der Waals surface area contributed by atoms with Crippen LogP contribution in [0.2, 0.25) is 0 Å². The van der Waals surface area contributed by atoms with E-state index >= 15 is 0 Å². The molecule has 3 rings (SSSR count). The fourth-order valence-electron chi connectivity index (χ4n) is 2.96. The lowest BCUT2D eigenvalue weighted by Crippen LogP contribution is -2.35. The number of piperidine rings is 1. The summed E-state index contributed by atoms with van der Waals surface area (Å²) < 4.78 is 27.8. The maximum Gasteiger partial charge on any atom is 0.255 e. The monoisotopic (exact) mass is 436 g/mol. The number of nitrogens with zero attached hydrogens (tertiary/aromatic N) is 1. The molecule has 2 aromatic carbocycles. The quantitative estimate of drug-likeness (QED) is 0.781. The molecule has 1 fully saturated rings. The molecule has 0 spiro atoms. The van der Waals surface area contributed by atoms with Crippen LogP contribution in [0.4, 0.5) is 5.69 Å². The summed E-state index contributed by atoms with van der Waals surface area (Å²) in [6, 6.07) is 11.7. The van der Waals surface area contributed by atoms with E-state index < -0.39 is 10.0 Å². The van der Waals surface area contributed by atoms with Crippen molar-refractivity contribution in [1.82, 2.24) is 4.31 Å². The van der Waals surface area contributed by atoms with Gasteiger partial charge in [-0.2, -0.15) is 4.31 Å². The second-order valence-corrected chi connectivity index (χ2v) is 9.20. The van der Waals surface area contributed by atoms with Crippen molar-refractivity contribution < 1.29 is 13.2 Å². The van der Waals surface area contributed by atoms with Crippen LogP contribution in [0, 0.1) is 6.92 Å². The number of halogens is 1. The van der Waals surface area contributed by atoms with Crippen molar-refractivity contribution in [3.05, 3.63) is 58.1 Å². The van der Waals surface area contributed by atoms with Crippen molar-refractivity contribution in [3.8, 4) is 0 Å². The SMILES string of the molecule is Cc1cc(NC(=O)c2ccc(S(=O)(=O)N3CCCCC3)cc2)ccc1Br. The number of aryl methyl sites for hydroxylation is 1. The third-order valence-electron chi connectivity index (χ3n) is 4.49. The van der Waals surface area contributed by atoms with Gasteiger partial charge in [-0.25, -0.2) is 8.42 Å². The van der Waals surface area contributed by atoms with Gasteiger partial charge in [0, 0.05) is 28.8 Å². The normalized spacial score (nSPS) is 15.6. The smallest absolute Gasteiger partial charge is 0.255 e. The minimum atomic E-state index is -3.48. The predicted molar refractivity (Wildman–Crippen MR) is 106 cm³/mol. The number of hydrogen-bond acceptors (Lipinski definition) is 3. The van der Waals surface area contributed by atoms with E-state index in [1.807, 2.05) is 25.1 Å². The number of amides is 1. The van der Waals surface area contributed by atoms with E-state index in [1.165, 1.54) is 16.4 Å². The molecular formula is C19H21BrN2O3S. The van der Waals surface area contributed by atoms with E-state index in [4.69, 9.17) is 0 Å². The van der Waals surface area contributed by atoms with E-state index in [2.05, 4.69) is 21.2 Å². The van der Waals surface area contributed by atoms with Crippen LogP contribution in [0.15, 0.2) is 51.8 Å². The third-order valence-corrected chi connectivity index (χ3v) is 7.29. The van der Waals surface area contributed by atoms with Crippen LogP contribution in [0.3, 0.4) is 0 Å². The van der Waals surface area contributed by atoms with Crippen LogP contribution in [-0.2, 0) is 10.0 Å². The molecule has 0 atom stereocenters. The van der Waals surface area contributed by atoms with E-state index in [-0.39, 0.29) is 10.8 Å². The second kappa shape index (κ2) is 7.90. The number of nitrogens with one attached hydrogen (secondary N) is 1. The summed E-state index contributed by atoms with van der Waals surface area (Å²) in [5, 5.41) is 2.83. The summed E-state index contributed by atoms with van der Waals surface area (Å²) in [5.74, 6) is -0.270. The van der Waals surface area contributed by atoms with Crippen LogP contribution >= 0.6 is 15.9 Å². The molecule has 1 aliphatic heterocycles. The van der Waals surface area contributed by atoms with Crippen LogP contribution in [0.1, 0.15) is 35.2 Å². The Labute approximate surface area is 162 Å². The van der Waals surface area contributed by atoms with Gasteiger partial charge in [0.05, 0.1) is 4.90 Å². The first-order chi connectivity index (χ1) is 12.4. The fraction of sp³-hybridized carbons (Fsp3) is 0.316. The van der Waals surface area contributed by atoms with Gasteiger partial charge >= 0.3 is 0 Å². The summed E-state index contributed by atoms with van der Waals surface area (Å²) in [6.07, 6.45) is 2.86. The average Bonchev–Trinajstić information content (AvgIpc) is 2.65. The average molecular weight is 437 g/mol. The van der Waals surface area contributed by atoms with Crippen LogP contribution < -0.4 is 5.32 Å². The first kappa shape index (κ1) is 19.1. The van der Waals surface area contributed by atoms with Crippen LogP contribution in [0.5, 0.6) is 0 Å². The molecule has 0 saturated carbocycles. The number of rotatable bonds is 4. The molecule has 0 unspecified atom stereocenters. The molecule has 1 saturated heterocycles. The van der Waals surface area contributed by atoms with Gasteiger partial charge in [-0.15, -0.1) is 0 Å². The highest BCUT2D eigenvalue weighted by atomic mass is 79.9. The topological polar surface area (TPSA) is 66.5 Å². The van der Waals surface area contributed by atoms with E-state index in [1.54, 1.807) is 12.1 Å². The van der Waals surface area contributed by atoms with Gasteiger partial charge in [0.15, 0.2) is 0 Å². The highest BCUT2D eigenvalue weighted by Crippen LogP contribution is 2.22. The molecule has 0 radical (unpaired) electrons. The largest absolute Gasteiger partial charge is 0.322 e. The number of carbonyl (C=O) groups is 1. The summed E-state index contributed by atoms with van der Waals surface area (Å²) in [4.78, 5) is 12.6. The van der Waals surface area contributed by atoms with Gasteiger partial charge in [0.1, 0.15) is 0 Å². The van der Waals surface area contributed by atoms with Crippen molar-refractivity contribution in [2.75, 3.05) is 18.4 Å². The molecule has 7 heteroatoms. The summed E-state index contributed by atoms with van der Waals surface area (Å²) in [6.45, 7) is 3.07. The standard InChI is InChI=1S/C19H21BrN2O3S/c1-14-13-16(7-10-18(14)20)21-19(23)15-5-8-17(9-6-15)26(24,25)22-11-3-2-4-12-22/h5-10,13H,2-4,11-12H2,1H3,(H,21,23). The van der Waals surface area contributed by atoms with E-state index in [0.29, 0.717) is 24.3 Å². The van der Waals surface area contributed by atoms with Crippen molar-refractivity contribution in [2.45, 2.75) is 31.1 Å². The molecule has 1 amide bonds. The number of carbonyl (C=O) groups excluding carboxylic acids is 1. The van der Waals surface area contributed by atoms with Crippen molar-refractivity contribution in [2.24, 2.45) is 0 Å². The lowest BCUT2D eigenvalue weighted by atomic mass is 10.2. The van der Waals surface area contributed by atoms with Crippen molar-refractivity contribution in [3.63, 3.8) is 0 Å². The molecule has 1 N–H and O–H groups in total. The highest BCUT2D eigenvalue weighted by molar-refractivity contribution is 9.10. The predicted octanol–water partition coefficient (Wildman–Crippen LogP) is 4.18. The van der Waals surface area contributed by atoms with Crippen molar-refractivity contribution in [1.29, 1.82) is 0 Å². The molecule has 2 aromatic rings. The Morgan fingerprint density at radius 1 is 1.04 bits per heavy atom. The number of benzene rings is 2. The Balaban J connectivity index is 1.74. The molecule has 0 aromatic heterocycles. The Bertz CT molecular complexity index is 905.